The zero-order chi connectivity index (χ0) is 52.4. The van der Waals surface area contributed by atoms with Gasteiger partial charge in [0.25, 0.3) is 0 Å². The Morgan fingerprint density at radius 3 is 0.808 bits per heavy atom. The Hall–Kier alpha value is -7.27. The molecule has 2 N–H and O–H groups in total. The number of phosphoric ester groups is 1. The molecule has 382 valence electrons. The Balaban J connectivity index is 0.000000402. The van der Waals surface area contributed by atoms with E-state index in [-0.39, 0.29) is 52.6 Å². The number of ether oxygens (including phenoxy) is 12. The number of nitrogen functional groups attached to an aromatic ring is 1. The molecule has 0 radical (unpaired) electrons. The summed E-state index contributed by atoms with van der Waals surface area (Å²) in [4.78, 5) is 13.2. The molecule has 0 heterocycles. The van der Waals surface area contributed by atoms with Crippen molar-refractivity contribution in [1.82, 2.24) is 0 Å². The van der Waals surface area contributed by atoms with E-state index in [0.717, 1.165) is 22.3 Å². The smallest absolute Gasteiger partial charge is 0.736 e. The molecular weight excluding hydrogens is 973 g/mol. The number of nitrogens with two attached hydrogens (primary N) is 1. The Morgan fingerprint density at radius 2 is 0.562 bits per heavy atom. The molecule has 0 atom stereocenters. The van der Waals surface area contributed by atoms with E-state index >= 15 is 0 Å². The summed E-state index contributed by atoms with van der Waals surface area (Å²) in [5.41, 5.74) is 11.1. The predicted molar refractivity (Wildman–Crippen MR) is 277 cm³/mol. The molecule has 6 aromatic carbocycles. The van der Waals surface area contributed by atoms with Crippen molar-refractivity contribution < 1.29 is 105 Å². The van der Waals surface area contributed by atoms with Crippen molar-refractivity contribution in [3.63, 3.8) is 0 Å². The van der Waals surface area contributed by atoms with Gasteiger partial charge in [-0.25, -0.2) is 4.57 Å². The van der Waals surface area contributed by atoms with Gasteiger partial charge in [-0.05, 0) is 106 Å². The first-order valence-electron chi connectivity index (χ1n) is 21.7. The van der Waals surface area contributed by atoms with Gasteiger partial charge in [0.05, 0.1) is 91.0 Å². The average molecular weight is 1030 g/mol. The molecule has 0 aliphatic carbocycles. The molecule has 17 nitrogen and oxygen atoms in total. The van der Waals surface area contributed by atoms with Crippen LogP contribution in [0.4, 0.5) is 5.69 Å². The summed E-state index contributed by atoms with van der Waals surface area (Å²) in [6, 6.07) is 26.2. The van der Waals surface area contributed by atoms with Gasteiger partial charge in [0.1, 0.15) is 5.75 Å². The van der Waals surface area contributed by atoms with Gasteiger partial charge in [0, 0.05) is 0 Å². The number of hydrogen-bond donors (Lipinski definition) is 1. The minimum absolute atomic E-state index is 0. The Labute approximate surface area is 448 Å². The summed E-state index contributed by atoms with van der Waals surface area (Å²) >= 11 is 0. The minimum Gasteiger partial charge on any atom is -0.736 e. The third-order valence-electron chi connectivity index (χ3n) is 10.5. The third-order valence-corrected chi connectivity index (χ3v) is 11.4. The van der Waals surface area contributed by atoms with Crippen molar-refractivity contribution >= 4 is 50.0 Å². The summed E-state index contributed by atoms with van der Waals surface area (Å²) in [5.74, 6) is 5.53. The maximum atomic E-state index is 13.2. The molecule has 0 bridgehead atoms. The first-order chi connectivity index (χ1) is 34.7. The van der Waals surface area contributed by atoms with Crippen LogP contribution in [0.3, 0.4) is 0 Å². The minimum atomic E-state index is -5.02. The first kappa shape index (κ1) is 58.3. The molecule has 0 saturated carbocycles. The second kappa shape index (κ2) is 28.1. The summed E-state index contributed by atoms with van der Waals surface area (Å²) in [6.07, 6.45) is 11.0. The maximum absolute atomic E-state index is 13.2. The molecular formula is C54H59NNaO16P. The van der Waals surface area contributed by atoms with Gasteiger partial charge < -0.3 is 76.5 Å². The largest absolute Gasteiger partial charge is 1.00 e. The molecule has 6 rings (SSSR count). The van der Waals surface area contributed by atoms with Crippen LogP contribution in [-0.4, -0.2) is 85.3 Å². The van der Waals surface area contributed by atoms with Gasteiger partial charge >= 0.3 is 37.4 Å². The zero-order valence-electron chi connectivity index (χ0n) is 43.2. The quantitative estimate of drug-likeness (QED) is 0.0304. The number of hydrogen-bond acceptors (Lipinski definition) is 17. The Kier molecular flexibility index (Phi) is 22.4. The van der Waals surface area contributed by atoms with E-state index in [2.05, 4.69) is 0 Å². The van der Waals surface area contributed by atoms with Gasteiger partial charge in [0.15, 0.2) is 57.5 Å². The number of benzene rings is 6. The van der Waals surface area contributed by atoms with Crippen molar-refractivity contribution in [2.24, 2.45) is 0 Å². The van der Waals surface area contributed by atoms with Crippen LogP contribution in [0.2, 0.25) is 0 Å². The summed E-state index contributed by atoms with van der Waals surface area (Å²) in [5, 5.41) is 0. The van der Waals surface area contributed by atoms with Crippen LogP contribution in [0.1, 0.15) is 33.4 Å². The molecule has 0 unspecified atom stereocenters. The van der Waals surface area contributed by atoms with E-state index in [1.807, 2.05) is 42.5 Å². The van der Waals surface area contributed by atoms with E-state index in [0.29, 0.717) is 74.3 Å². The monoisotopic (exact) mass is 1030 g/mol. The fourth-order valence-electron chi connectivity index (χ4n) is 7.02. The van der Waals surface area contributed by atoms with Crippen LogP contribution < -0.4 is 106 Å². The summed E-state index contributed by atoms with van der Waals surface area (Å²) in [6.45, 7) is 0. The second-order valence-corrected chi connectivity index (χ2v) is 16.1. The van der Waals surface area contributed by atoms with Crippen LogP contribution in [0.15, 0.2) is 91.0 Å². The molecule has 6 aromatic rings. The van der Waals surface area contributed by atoms with Crippen molar-refractivity contribution in [1.29, 1.82) is 0 Å². The van der Waals surface area contributed by atoms with Gasteiger partial charge in [-0.3, -0.25) is 0 Å². The van der Waals surface area contributed by atoms with Crippen LogP contribution in [0.5, 0.6) is 80.5 Å². The molecule has 0 spiro atoms. The van der Waals surface area contributed by atoms with Crippen LogP contribution in [0.25, 0.3) is 36.5 Å². The normalized spacial score (nSPS) is 10.9. The van der Waals surface area contributed by atoms with E-state index < -0.39 is 7.82 Å². The summed E-state index contributed by atoms with van der Waals surface area (Å²) < 4.78 is 88.4. The topological polar surface area (TPSA) is 195 Å². The van der Waals surface area contributed by atoms with E-state index in [1.54, 1.807) is 101 Å². The molecule has 73 heavy (non-hydrogen) atoms. The fourth-order valence-corrected chi connectivity index (χ4v) is 7.83. The molecule has 0 amide bonds. The number of methoxy groups -OCH3 is 12. The molecule has 0 aliphatic rings. The zero-order valence-corrected chi connectivity index (χ0v) is 46.1. The summed E-state index contributed by atoms with van der Waals surface area (Å²) in [7, 11) is 13.3. The molecule has 0 fully saturated rings. The Bertz CT molecular complexity index is 2730. The molecule has 0 aliphatic heterocycles. The number of rotatable bonds is 22. The Morgan fingerprint density at radius 1 is 0.329 bits per heavy atom. The van der Waals surface area contributed by atoms with Gasteiger partial charge in [-0.2, -0.15) is 0 Å². The SMILES string of the molecule is COc1ccc(/C=C\c2cc(OC)c(OC)c(OC)c2)cc1N.COc1ccc(/C=C\c2cc(OC)c(OC)c(OC)c2)cc1OP(=O)([O-])Oc1cc(/C=C\c2cc(OC)c(OC)c(OC)c2)ccc1OC.[Na+]. The fraction of sp³-hybridized carbons (Fsp3) is 0.222. The van der Waals surface area contributed by atoms with E-state index in [4.69, 9.17) is 71.6 Å². The average Bonchev–Trinajstić information content (AvgIpc) is 3.40. The van der Waals surface area contributed by atoms with Gasteiger partial charge in [0.2, 0.25) is 17.2 Å². The van der Waals surface area contributed by atoms with Crippen molar-refractivity contribution in [2.45, 2.75) is 0 Å². The maximum Gasteiger partial charge on any atom is 1.00 e. The van der Waals surface area contributed by atoms with Crippen LogP contribution in [-0.2, 0) is 4.57 Å². The standard InChI is InChI=1S/C36H39O12P.C18H21NO4.Na/c1-39-27-15-13-23(9-11-25-19-31(41-3)35(45-7)32(20-25)42-4)17-29(27)47-49(37,38)48-30-18-24(14-16-28(30)40-2)10-12-26-21-33(43-5)36(46-8)34(22-26)44-6;1-20-15-8-7-12(9-14(15)19)5-6-13-10-16(21-2)18(23-4)17(11-13)22-3;/h9-22H,1-8H3,(H,37,38);5-11H,19H2,1-4H3;/q;;+1/p-1/b11-9-,12-10-;6-5-;. The first-order valence-corrected chi connectivity index (χ1v) is 23.1. The molecule has 19 heteroatoms. The molecule has 0 aromatic heterocycles. The van der Waals surface area contributed by atoms with Crippen LogP contribution in [0, 0.1) is 0 Å². The van der Waals surface area contributed by atoms with Gasteiger partial charge in [-0.1, -0.05) is 54.7 Å². The number of anilines is 1. The van der Waals surface area contributed by atoms with Crippen molar-refractivity contribution in [3.05, 3.63) is 124 Å². The number of phosphoric acid groups is 1. The van der Waals surface area contributed by atoms with Crippen molar-refractivity contribution in [3.8, 4) is 80.5 Å². The second-order valence-electron chi connectivity index (χ2n) is 14.8. The van der Waals surface area contributed by atoms with Crippen molar-refractivity contribution in [2.75, 3.05) is 91.1 Å². The predicted octanol–water partition coefficient (Wildman–Crippen LogP) is 7.50. The van der Waals surface area contributed by atoms with Crippen LogP contribution >= 0.6 is 7.82 Å². The van der Waals surface area contributed by atoms with E-state index in [1.165, 1.54) is 69.0 Å². The third kappa shape index (κ3) is 15.4. The van der Waals surface area contributed by atoms with E-state index in [9.17, 15) is 9.46 Å². The molecule has 0 saturated heterocycles. The van der Waals surface area contributed by atoms with Gasteiger partial charge in [-0.15, -0.1) is 0 Å².